The summed E-state index contributed by atoms with van der Waals surface area (Å²) in [7, 11) is 1.46. The van der Waals surface area contributed by atoms with Gasteiger partial charge in [-0.1, -0.05) is 25.1 Å². The standard InChI is InChI=1S/C22H26F3N5O3/c1-3-28-8-10-29(11-9-28)17(31)13-30-12-16-18(20(30)32)19(26-21(33)27(16)2)14-6-4-5-7-15(14)22(23,24)25/h4-7,19H,3,8-13H2,1-2H3,(H,26,33). The first-order valence-corrected chi connectivity index (χ1v) is 10.8. The summed E-state index contributed by atoms with van der Waals surface area (Å²) < 4.78 is 40.9. The van der Waals surface area contributed by atoms with E-state index in [1.165, 1.54) is 35.0 Å². The molecule has 0 bridgehead atoms. The fourth-order valence-electron chi connectivity index (χ4n) is 4.57. The molecule has 0 spiro atoms. The first kappa shape index (κ1) is 23.1. The second-order valence-corrected chi connectivity index (χ2v) is 8.36. The van der Waals surface area contributed by atoms with Crippen LogP contribution in [0, 0.1) is 0 Å². The highest BCUT2D eigenvalue weighted by atomic mass is 19.4. The lowest BCUT2D eigenvalue weighted by Gasteiger charge is -2.34. The molecule has 1 unspecified atom stereocenters. The number of carbonyl (C=O) groups is 3. The van der Waals surface area contributed by atoms with Crippen LogP contribution >= 0.6 is 0 Å². The SMILES string of the molecule is CCN1CCN(C(=O)CN2CC3=C(C2=O)C(c2ccccc2C(F)(F)F)NC(=O)N3C)CC1. The number of halogens is 3. The third-order valence-electron chi connectivity index (χ3n) is 6.51. The third kappa shape index (κ3) is 4.29. The highest BCUT2D eigenvalue weighted by molar-refractivity contribution is 6.03. The molecule has 1 N–H and O–H groups in total. The van der Waals surface area contributed by atoms with Gasteiger partial charge in [0, 0.05) is 33.2 Å². The summed E-state index contributed by atoms with van der Waals surface area (Å²) in [6, 6.07) is 3.04. The average Bonchev–Trinajstić information content (AvgIpc) is 3.12. The van der Waals surface area contributed by atoms with Crippen LogP contribution in [0.15, 0.2) is 35.5 Å². The van der Waals surface area contributed by atoms with Crippen molar-refractivity contribution in [1.29, 1.82) is 0 Å². The average molecular weight is 465 g/mol. The number of carbonyl (C=O) groups excluding carboxylic acids is 3. The number of hydrogen-bond donors (Lipinski definition) is 1. The molecule has 0 aliphatic carbocycles. The molecule has 0 radical (unpaired) electrons. The Hall–Kier alpha value is -3.08. The van der Waals surface area contributed by atoms with E-state index in [0.29, 0.717) is 18.8 Å². The predicted molar refractivity (Wildman–Crippen MR) is 113 cm³/mol. The van der Waals surface area contributed by atoms with Crippen molar-refractivity contribution < 1.29 is 27.6 Å². The summed E-state index contributed by atoms with van der Waals surface area (Å²) >= 11 is 0. The van der Waals surface area contributed by atoms with E-state index in [1.807, 2.05) is 0 Å². The zero-order valence-electron chi connectivity index (χ0n) is 18.5. The van der Waals surface area contributed by atoms with Gasteiger partial charge in [0.25, 0.3) is 5.91 Å². The van der Waals surface area contributed by atoms with Crippen LogP contribution in [-0.2, 0) is 15.8 Å². The quantitative estimate of drug-likeness (QED) is 0.734. The van der Waals surface area contributed by atoms with Crippen LogP contribution in [-0.4, -0.2) is 90.3 Å². The summed E-state index contributed by atoms with van der Waals surface area (Å²) in [6.07, 6.45) is -4.65. The minimum absolute atomic E-state index is 0.0105. The first-order valence-electron chi connectivity index (χ1n) is 10.8. The molecular weight excluding hydrogens is 439 g/mol. The van der Waals surface area contributed by atoms with Gasteiger partial charge in [-0.15, -0.1) is 0 Å². The van der Waals surface area contributed by atoms with E-state index < -0.39 is 29.7 Å². The number of nitrogens with one attached hydrogen (secondary N) is 1. The molecule has 1 aromatic rings. The van der Waals surface area contributed by atoms with Crippen molar-refractivity contribution in [1.82, 2.24) is 24.9 Å². The molecule has 3 aliphatic rings. The maximum Gasteiger partial charge on any atom is 0.416 e. The Bertz CT molecular complexity index is 1000. The molecule has 0 aromatic heterocycles. The number of hydrogen-bond acceptors (Lipinski definition) is 4. The van der Waals surface area contributed by atoms with E-state index in [2.05, 4.69) is 17.1 Å². The molecule has 11 heteroatoms. The molecule has 3 heterocycles. The highest BCUT2D eigenvalue weighted by Crippen LogP contribution is 2.41. The van der Waals surface area contributed by atoms with Crippen molar-refractivity contribution in [2.45, 2.75) is 19.1 Å². The van der Waals surface area contributed by atoms with Gasteiger partial charge in [-0.05, 0) is 18.2 Å². The van der Waals surface area contributed by atoms with E-state index in [4.69, 9.17) is 0 Å². The fourth-order valence-corrected chi connectivity index (χ4v) is 4.57. The van der Waals surface area contributed by atoms with Gasteiger partial charge in [0.1, 0.15) is 6.54 Å². The zero-order chi connectivity index (χ0) is 23.9. The number of likely N-dealkylation sites (N-methyl/N-ethyl adjacent to an activating group) is 2. The molecule has 1 fully saturated rings. The molecule has 8 nitrogen and oxygen atoms in total. The van der Waals surface area contributed by atoms with Gasteiger partial charge < -0.3 is 20.0 Å². The van der Waals surface area contributed by atoms with E-state index in [-0.39, 0.29) is 30.1 Å². The normalized spacial score (nSPS) is 22.1. The molecule has 1 atom stereocenters. The lowest BCUT2D eigenvalue weighted by atomic mass is 9.92. The van der Waals surface area contributed by atoms with Crippen molar-refractivity contribution in [3.8, 4) is 0 Å². The summed E-state index contributed by atoms with van der Waals surface area (Å²) in [5.41, 5.74) is -0.731. The van der Waals surface area contributed by atoms with Crippen molar-refractivity contribution in [2.24, 2.45) is 0 Å². The zero-order valence-corrected chi connectivity index (χ0v) is 18.5. The van der Waals surface area contributed by atoms with Gasteiger partial charge in [-0.2, -0.15) is 13.2 Å². The second-order valence-electron chi connectivity index (χ2n) is 8.36. The van der Waals surface area contributed by atoms with Crippen LogP contribution in [0.1, 0.15) is 24.1 Å². The topological polar surface area (TPSA) is 76.2 Å². The van der Waals surface area contributed by atoms with E-state index in [1.54, 1.807) is 4.90 Å². The van der Waals surface area contributed by atoms with Crippen LogP contribution in [0.3, 0.4) is 0 Å². The molecule has 4 amide bonds. The molecular formula is C22H26F3N5O3. The van der Waals surface area contributed by atoms with Crippen molar-refractivity contribution in [3.63, 3.8) is 0 Å². The summed E-state index contributed by atoms with van der Waals surface area (Å²) in [5.74, 6) is -0.757. The number of urea groups is 1. The Labute approximate surface area is 189 Å². The van der Waals surface area contributed by atoms with Gasteiger partial charge >= 0.3 is 12.2 Å². The third-order valence-corrected chi connectivity index (χ3v) is 6.51. The van der Waals surface area contributed by atoms with E-state index >= 15 is 0 Å². The minimum atomic E-state index is -4.65. The second kappa shape index (κ2) is 8.69. The maximum absolute atomic E-state index is 13.6. The highest BCUT2D eigenvalue weighted by Gasteiger charge is 2.46. The Morgan fingerprint density at radius 3 is 2.42 bits per heavy atom. The largest absolute Gasteiger partial charge is 0.416 e. The number of alkyl halides is 3. The van der Waals surface area contributed by atoms with E-state index in [9.17, 15) is 27.6 Å². The van der Waals surface area contributed by atoms with Gasteiger partial charge in [-0.25, -0.2) is 4.79 Å². The molecule has 1 saturated heterocycles. The Morgan fingerprint density at radius 2 is 1.79 bits per heavy atom. The number of nitrogens with zero attached hydrogens (tertiary/aromatic N) is 4. The van der Waals surface area contributed by atoms with Crippen molar-refractivity contribution >= 4 is 17.8 Å². The lowest BCUT2D eigenvalue weighted by Crippen LogP contribution is -2.51. The Kier molecular flexibility index (Phi) is 6.08. The Morgan fingerprint density at radius 1 is 1.12 bits per heavy atom. The molecule has 4 rings (SSSR count). The van der Waals surface area contributed by atoms with Crippen molar-refractivity contribution in [3.05, 3.63) is 46.7 Å². The van der Waals surface area contributed by atoms with Gasteiger partial charge in [0.2, 0.25) is 5.91 Å². The number of amides is 4. The van der Waals surface area contributed by atoms with E-state index in [0.717, 1.165) is 25.7 Å². The molecule has 3 aliphatic heterocycles. The fraction of sp³-hybridized carbons (Fsp3) is 0.500. The van der Waals surface area contributed by atoms with Crippen LogP contribution in [0.4, 0.5) is 18.0 Å². The molecule has 1 aromatic carbocycles. The van der Waals surface area contributed by atoms with Crippen LogP contribution in [0.25, 0.3) is 0 Å². The predicted octanol–water partition coefficient (Wildman–Crippen LogP) is 1.66. The first-order chi connectivity index (χ1) is 15.6. The molecule has 178 valence electrons. The maximum atomic E-state index is 13.6. The Balaban J connectivity index is 1.58. The molecule has 0 saturated carbocycles. The van der Waals surface area contributed by atoms with Gasteiger partial charge in [0.15, 0.2) is 0 Å². The number of rotatable bonds is 4. The van der Waals surface area contributed by atoms with Crippen LogP contribution in [0.5, 0.6) is 0 Å². The minimum Gasteiger partial charge on any atom is -0.339 e. The number of piperazine rings is 1. The van der Waals surface area contributed by atoms with Crippen LogP contribution < -0.4 is 5.32 Å². The number of benzene rings is 1. The van der Waals surface area contributed by atoms with Gasteiger partial charge in [0.05, 0.1) is 29.4 Å². The van der Waals surface area contributed by atoms with Crippen molar-refractivity contribution in [2.75, 3.05) is 52.9 Å². The summed E-state index contributed by atoms with van der Waals surface area (Å²) in [6.45, 7) is 5.38. The monoisotopic (exact) mass is 465 g/mol. The molecule has 33 heavy (non-hydrogen) atoms. The smallest absolute Gasteiger partial charge is 0.339 e. The summed E-state index contributed by atoms with van der Waals surface area (Å²) in [5, 5.41) is 2.53. The summed E-state index contributed by atoms with van der Waals surface area (Å²) in [4.78, 5) is 45.1. The van der Waals surface area contributed by atoms with Gasteiger partial charge in [-0.3, -0.25) is 14.5 Å². The van der Waals surface area contributed by atoms with Crippen LogP contribution in [0.2, 0.25) is 0 Å². The lowest BCUT2D eigenvalue weighted by molar-refractivity contribution is -0.139.